The van der Waals surface area contributed by atoms with E-state index in [-0.39, 0.29) is 17.7 Å². The number of carbonyl (C=O) groups excluding carboxylic acids is 1. The SMILES string of the molecule is Cc1ccc(/C=C/C(=O)N2CCN([C@H]3CCS(=O)(=O)C3)CC2)cc1. The van der Waals surface area contributed by atoms with E-state index in [0.717, 1.165) is 25.1 Å². The summed E-state index contributed by atoms with van der Waals surface area (Å²) in [7, 11) is -2.85. The highest BCUT2D eigenvalue weighted by molar-refractivity contribution is 7.91. The molecule has 0 aromatic heterocycles. The minimum Gasteiger partial charge on any atom is -0.337 e. The molecular formula is C18H24N2O3S. The van der Waals surface area contributed by atoms with E-state index in [1.165, 1.54) is 5.56 Å². The van der Waals surface area contributed by atoms with E-state index in [1.54, 1.807) is 6.08 Å². The van der Waals surface area contributed by atoms with Crippen LogP contribution < -0.4 is 0 Å². The van der Waals surface area contributed by atoms with Gasteiger partial charge in [-0.2, -0.15) is 0 Å². The molecule has 1 atom stereocenters. The van der Waals surface area contributed by atoms with Crippen LogP contribution in [0.15, 0.2) is 30.3 Å². The standard InChI is InChI=1S/C18H24N2O3S/c1-15-2-4-16(5-3-15)6-7-18(21)20-11-9-19(10-12-20)17-8-13-24(22,23)14-17/h2-7,17H,8-14H2,1H3/b7-6+/t17-/m0/s1. The number of rotatable bonds is 3. The average molecular weight is 348 g/mol. The predicted octanol–water partition coefficient (Wildman–Crippen LogP) is 1.34. The highest BCUT2D eigenvalue weighted by Gasteiger charge is 2.34. The van der Waals surface area contributed by atoms with Crippen molar-refractivity contribution in [3.05, 3.63) is 41.5 Å². The Kier molecular flexibility index (Phi) is 5.06. The van der Waals surface area contributed by atoms with Crippen molar-refractivity contribution in [2.24, 2.45) is 0 Å². The van der Waals surface area contributed by atoms with Gasteiger partial charge in [0.25, 0.3) is 0 Å². The van der Waals surface area contributed by atoms with Crippen molar-refractivity contribution in [2.75, 3.05) is 37.7 Å². The number of carbonyl (C=O) groups is 1. The second kappa shape index (κ2) is 7.07. The number of amides is 1. The summed E-state index contributed by atoms with van der Waals surface area (Å²) in [5, 5.41) is 0. The molecule has 2 aliphatic heterocycles. The average Bonchev–Trinajstić information content (AvgIpc) is 2.94. The first kappa shape index (κ1) is 17.2. The van der Waals surface area contributed by atoms with Gasteiger partial charge >= 0.3 is 0 Å². The zero-order valence-corrected chi connectivity index (χ0v) is 14.8. The fraction of sp³-hybridized carbons (Fsp3) is 0.500. The van der Waals surface area contributed by atoms with Gasteiger partial charge in [-0.05, 0) is 25.0 Å². The quantitative estimate of drug-likeness (QED) is 0.774. The lowest BCUT2D eigenvalue weighted by atomic mass is 10.1. The van der Waals surface area contributed by atoms with Crippen molar-refractivity contribution in [3.63, 3.8) is 0 Å². The summed E-state index contributed by atoms with van der Waals surface area (Å²) >= 11 is 0. The largest absolute Gasteiger partial charge is 0.337 e. The van der Waals surface area contributed by atoms with Gasteiger partial charge in [0.15, 0.2) is 9.84 Å². The molecule has 0 unspecified atom stereocenters. The Morgan fingerprint density at radius 3 is 2.38 bits per heavy atom. The monoisotopic (exact) mass is 348 g/mol. The number of piperazine rings is 1. The van der Waals surface area contributed by atoms with Gasteiger partial charge in [0.2, 0.25) is 5.91 Å². The van der Waals surface area contributed by atoms with Crippen LogP contribution in [0.1, 0.15) is 17.5 Å². The van der Waals surface area contributed by atoms with E-state index in [0.29, 0.717) is 18.8 Å². The van der Waals surface area contributed by atoms with Crippen molar-refractivity contribution < 1.29 is 13.2 Å². The first-order chi connectivity index (χ1) is 11.4. The fourth-order valence-electron chi connectivity index (χ4n) is 3.32. The second-order valence-electron chi connectivity index (χ2n) is 6.66. The Bertz CT molecular complexity index is 717. The molecule has 2 heterocycles. The molecule has 1 aromatic rings. The Morgan fingerprint density at radius 1 is 1.12 bits per heavy atom. The van der Waals surface area contributed by atoms with Crippen LogP contribution in [0.5, 0.6) is 0 Å². The van der Waals surface area contributed by atoms with Gasteiger partial charge in [-0.1, -0.05) is 29.8 Å². The van der Waals surface area contributed by atoms with E-state index < -0.39 is 9.84 Å². The Balaban J connectivity index is 1.51. The summed E-state index contributed by atoms with van der Waals surface area (Å²) in [6.07, 6.45) is 4.20. The van der Waals surface area contributed by atoms with Crippen molar-refractivity contribution in [3.8, 4) is 0 Å². The fourth-order valence-corrected chi connectivity index (χ4v) is 5.08. The van der Waals surface area contributed by atoms with E-state index in [1.807, 2.05) is 42.2 Å². The summed E-state index contributed by atoms with van der Waals surface area (Å²) in [5.74, 6) is 0.596. The summed E-state index contributed by atoms with van der Waals surface area (Å²) in [5.41, 5.74) is 2.22. The lowest BCUT2D eigenvalue weighted by molar-refractivity contribution is -0.127. The van der Waals surface area contributed by atoms with Crippen molar-refractivity contribution >= 4 is 21.8 Å². The second-order valence-corrected chi connectivity index (χ2v) is 8.89. The molecule has 2 aliphatic rings. The highest BCUT2D eigenvalue weighted by atomic mass is 32.2. The molecule has 6 heteroatoms. The smallest absolute Gasteiger partial charge is 0.246 e. The molecule has 0 N–H and O–H groups in total. The van der Waals surface area contributed by atoms with Gasteiger partial charge in [-0.25, -0.2) is 8.42 Å². The van der Waals surface area contributed by atoms with E-state index in [9.17, 15) is 13.2 Å². The van der Waals surface area contributed by atoms with E-state index in [2.05, 4.69) is 4.90 Å². The van der Waals surface area contributed by atoms with Gasteiger partial charge in [-0.15, -0.1) is 0 Å². The number of aryl methyl sites for hydroxylation is 1. The number of hydrogen-bond donors (Lipinski definition) is 0. The molecule has 5 nitrogen and oxygen atoms in total. The Hall–Kier alpha value is -1.66. The van der Waals surface area contributed by atoms with Crippen LogP contribution in [-0.2, 0) is 14.6 Å². The molecule has 0 saturated carbocycles. The van der Waals surface area contributed by atoms with Crippen LogP contribution in [0.25, 0.3) is 6.08 Å². The summed E-state index contributed by atoms with van der Waals surface area (Å²) in [6, 6.07) is 8.18. The van der Waals surface area contributed by atoms with Gasteiger partial charge in [0.1, 0.15) is 0 Å². The van der Waals surface area contributed by atoms with Crippen molar-refractivity contribution in [1.29, 1.82) is 0 Å². The van der Waals surface area contributed by atoms with Crippen LogP contribution in [0.2, 0.25) is 0 Å². The highest BCUT2D eigenvalue weighted by Crippen LogP contribution is 2.19. The summed E-state index contributed by atoms with van der Waals surface area (Å²) < 4.78 is 23.2. The minimum absolute atomic E-state index is 0.0225. The lowest BCUT2D eigenvalue weighted by Gasteiger charge is -2.37. The first-order valence-corrected chi connectivity index (χ1v) is 10.2. The summed E-state index contributed by atoms with van der Waals surface area (Å²) in [6.45, 7) is 4.86. The molecule has 0 aliphatic carbocycles. The number of nitrogens with zero attached hydrogens (tertiary/aromatic N) is 2. The molecule has 0 spiro atoms. The third-order valence-corrected chi connectivity index (χ3v) is 6.60. The van der Waals surface area contributed by atoms with Gasteiger partial charge < -0.3 is 4.90 Å². The Morgan fingerprint density at radius 2 is 1.79 bits per heavy atom. The van der Waals surface area contributed by atoms with Crippen LogP contribution in [0, 0.1) is 6.92 Å². The van der Waals surface area contributed by atoms with Crippen molar-refractivity contribution in [2.45, 2.75) is 19.4 Å². The zero-order chi connectivity index (χ0) is 17.2. The van der Waals surface area contributed by atoms with Crippen LogP contribution >= 0.6 is 0 Å². The summed E-state index contributed by atoms with van der Waals surface area (Å²) in [4.78, 5) is 16.4. The van der Waals surface area contributed by atoms with Crippen LogP contribution in [0.3, 0.4) is 0 Å². The molecule has 1 amide bonds. The van der Waals surface area contributed by atoms with E-state index >= 15 is 0 Å². The molecule has 130 valence electrons. The van der Waals surface area contributed by atoms with E-state index in [4.69, 9.17) is 0 Å². The van der Waals surface area contributed by atoms with Gasteiger partial charge in [-0.3, -0.25) is 9.69 Å². The van der Waals surface area contributed by atoms with Crippen LogP contribution in [-0.4, -0.2) is 67.9 Å². The third kappa shape index (κ3) is 4.24. The molecule has 2 fully saturated rings. The third-order valence-electron chi connectivity index (χ3n) is 4.85. The lowest BCUT2D eigenvalue weighted by Crippen LogP contribution is -2.52. The Labute approximate surface area is 143 Å². The molecule has 1 aromatic carbocycles. The molecule has 0 bridgehead atoms. The predicted molar refractivity (Wildman–Crippen MR) is 95.4 cm³/mol. The normalized spacial score (nSPS) is 24.5. The first-order valence-electron chi connectivity index (χ1n) is 8.41. The van der Waals surface area contributed by atoms with Gasteiger partial charge in [0, 0.05) is 38.3 Å². The maximum absolute atomic E-state index is 12.3. The van der Waals surface area contributed by atoms with Crippen molar-refractivity contribution in [1.82, 2.24) is 9.80 Å². The maximum atomic E-state index is 12.3. The number of benzene rings is 1. The molecular weight excluding hydrogens is 324 g/mol. The number of sulfone groups is 1. The topological polar surface area (TPSA) is 57.7 Å². The minimum atomic E-state index is -2.85. The maximum Gasteiger partial charge on any atom is 0.246 e. The molecule has 24 heavy (non-hydrogen) atoms. The van der Waals surface area contributed by atoms with Crippen LogP contribution in [0.4, 0.5) is 0 Å². The molecule has 0 radical (unpaired) electrons. The molecule has 2 saturated heterocycles. The number of hydrogen-bond acceptors (Lipinski definition) is 4. The molecule has 3 rings (SSSR count). The van der Waals surface area contributed by atoms with Gasteiger partial charge in [0.05, 0.1) is 11.5 Å². The zero-order valence-electron chi connectivity index (χ0n) is 14.0.